The second kappa shape index (κ2) is 7.05. The maximum Gasteiger partial charge on any atom is 0.259 e. The van der Waals surface area contributed by atoms with Crippen molar-refractivity contribution in [2.24, 2.45) is 5.73 Å². The Morgan fingerprint density at radius 2 is 1.52 bits per heavy atom. The van der Waals surface area contributed by atoms with E-state index in [1.54, 1.807) is 4.90 Å². The van der Waals surface area contributed by atoms with Crippen LogP contribution < -0.4 is 5.73 Å². The first kappa shape index (κ1) is 17.8. The van der Waals surface area contributed by atoms with Gasteiger partial charge in [-0.15, -0.1) is 0 Å². The topological polar surface area (TPSA) is 75.9 Å². The summed E-state index contributed by atoms with van der Waals surface area (Å²) in [6.07, 6.45) is 0.927. The van der Waals surface area contributed by atoms with Crippen LogP contribution in [0.5, 0.6) is 0 Å². The van der Waals surface area contributed by atoms with Crippen LogP contribution in [-0.2, 0) is 9.53 Å². The van der Waals surface area contributed by atoms with Gasteiger partial charge in [0.1, 0.15) is 17.2 Å². The van der Waals surface area contributed by atoms with Crippen molar-refractivity contribution >= 4 is 11.8 Å². The lowest BCUT2D eigenvalue weighted by atomic mass is 9.89. The van der Waals surface area contributed by atoms with Crippen LogP contribution in [0.15, 0.2) is 18.2 Å². The van der Waals surface area contributed by atoms with E-state index in [0.717, 1.165) is 12.1 Å². The third kappa shape index (κ3) is 3.50. The number of nitrogens with zero attached hydrogens (tertiary/aromatic N) is 2. The van der Waals surface area contributed by atoms with Crippen LogP contribution in [0.1, 0.15) is 23.2 Å². The third-order valence-electron chi connectivity index (χ3n) is 4.84. The molecule has 3 rings (SSSR count). The van der Waals surface area contributed by atoms with Gasteiger partial charge in [-0.05, 0) is 25.0 Å². The van der Waals surface area contributed by atoms with Crippen molar-refractivity contribution in [3.8, 4) is 0 Å². The number of halogens is 2. The van der Waals surface area contributed by atoms with Crippen LogP contribution in [0, 0.1) is 11.6 Å². The van der Waals surface area contributed by atoms with Gasteiger partial charge in [0.2, 0.25) is 5.91 Å². The molecule has 0 unspecified atom stereocenters. The molecule has 0 atom stereocenters. The zero-order valence-electron chi connectivity index (χ0n) is 13.8. The molecule has 6 nitrogen and oxygen atoms in total. The first-order valence-electron chi connectivity index (χ1n) is 8.32. The fourth-order valence-electron chi connectivity index (χ4n) is 3.24. The molecular weight excluding hydrogens is 332 g/mol. The fraction of sp³-hybridized carbons (Fsp3) is 0.529. The molecule has 1 aromatic carbocycles. The lowest BCUT2D eigenvalue weighted by Crippen LogP contribution is -2.61. The summed E-state index contributed by atoms with van der Waals surface area (Å²) in [5.74, 6) is -2.62. The molecular formula is C17H21F2N3O3. The van der Waals surface area contributed by atoms with Crippen molar-refractivity contribution in [3.05, 3.63) is 35.4 Å². The van der Waals surface area contributed by atoms with Crippen LogP contribution in [-0.4, -0.2) is 66.5 Å². The number of carbonyl (C=O) groups is 2. The summed E-state index contributed by atoms with van der Waals surface area (Å²) in [6, 6.07) is 3.32. The van der Waals surface area contributed by atoms with Crippen molar-refractivity contribution in [3.63, 3.8) is 0 Å². The minimum absolute atomic E-state index is 0.153. The van der Waals surface area contributed by atoms with Crippen molar-refractivity contribution in [1.29, 1.82) is 0 Å². The number of carbonyl (C=O) groups excluding carboxylic acids is 2. The molecule has 2 aliphatic rings. The number of benzene rings is 1. The predicted molar refractivity (Wildman–Crippen MR) is 85.8 cm³/mol. The van der Waals surface area contributed by atoms with Crippen LogP contribution in [0.4, 0.5) is 8.78 Å². The van der Waals surface area contributed by atoms with Crippen molar-refractivity contribution in [2.75, 3.05) is 39.4 Å². The summed E-state index contributed by atoms with van der Waals surface area (Å²) in [6.45, 7) is 1.91. The highest BCUT2D eigenvalue weighted by atomic mass is 19.1. The second-order valence-corrected chi connectivity index (χ2v) is 6.45. The molecule has 0 spiro atoms. The van der Waals surface area contributed by atoms with E-state index in [1.165, 1.54) is 11.0 Å². The van der Waals surface area contributed by atoms with Gasteiger partial charge in [0, 0.05) is 39.4 Å². The van der Waals surface area contributed by atoms with E-state index in [2.05, 4.69) is 0 Å². The summed E-state index contributed by atoms with van der Waals surface area (Å²) < 4.78 is 32.8. The molecule has 136 valence electrons. The summed E-state index contributed by atoms with van der Waals surface area (Å²) in [5.41, 5.74) is 4.73. The van der Waals surface area contributed by atoms with E-state index in [0.29, 0.717) is 39.1 Å². The van der Waals surface area contributed by atoms with Crippen molar-refractivity contribution in [2.45, 2.75) is 18.4 Å². The Hall–Kier alpha value is -2.06. The Kier molecular flexibility index (Phi) is 5.01. The van der Waals surface area contributed by atoms with Crippen LogP contribution in [0.2, 0.25) is 0 Å². The molecule has 0 aliphatic carbocycles. The molecule has 0 saturated carbocycles. The van der Waals surface area contributed by atoms with E-state index in [1.807, 2.05) is 0 Å². The molecule has 2 aliphatic heterocycles. The Balaban J connectivity index is 1.64. The standard InChI is InChI=1S/C17H21F2N3O3/c18-12-2-1-3-13(19)14(12)15(23)21-6-8-22(9-7-21)16(24)17(20)4-10-25-11-5-17/h1-3H,4-11,20H2. The maximum absolute atomic E-state index is 13.8. The summed E-state index contributed by atoms with van der Waals surface area (Å²) >= 11 is 0. The van der Waals surface area contributed by atoms with E-state index < -0.39 is 28.6 Å². The molecule has 0 bridgehead atoms. The molecule has 8 heteroatoms. The average molecular weight is 353 g/mol. The number of ether oxygens (including phenoxy) is 1. The first-order valence-corrected chi connectivity index (χ1v) is 8.32. The number of hydrogen-bond donors (Lipinski definition) is 1. The average Bonchev–Trinajstić information content (AvgIpc) is 2.61. The Morgan fingerprint density at radius 1 is 1.00 bits per heavy atom. The normalized spacial score (nSPS) is 20.4. The molecule has 2 amide bonds. The molecule has 2 fully saturated rings. The largest absolute Gasteiger partial charge is 0.381 e. The van der Waals surface area contributed by atoms with Gasteiger partial charge in [0.15, 0.2) is 0 Å². The molecule has 25 heavy (non-hydrogen) atoms. The van der Waals surface area contributed by atoms with Gasteiger partial charge in [0.05, 0.1) is 5.54 Å². The highest BCUT2D eigenvalue weighted by Crippen LogP contribution is 2.22. The monoisotopic (exact) mass is 353 g/mol. The van der Waals surface area contributed by atoms with Gasteiger partial charge in [-0.25, -0.2) is 8.78 Å². The Bertz CT molecular complexity index is 649. The molecule has 1 aromatic rings. The minimum atomic E-state index is -0.928. The number of nitrogens with two attached hydrogens (primary N) is 1. The van der Waals surface area contributed by atoms with E-state index in [9.17, 15) is 18.4 Å². The van der Waals surface area contributed by atoms with Gasteiger partial charge in [-0.1, -0.05) is 6.07 Å². The number of piperazine rings is 1. The highest BCUT2D eigenvalue weighted by molar-refractivity contribution is 5.95. The van der Waals surface area contributed by atoms with E-state index in [4.69, 9.17) is 10.5 Å². The molecule has 2 saturated heterocycles. The summed E-state index contributed by atoms with van der Waals surface area (Å²) in [4.78, 5) is 28.0. The predicted octanol–water partition coefficient (Wildman–Crippen LogP) is 0.757. The number of amides is 2. The van der Waals surface area contributed by atoms with Crippen LogP contribution in [0.25, 0.3) is 0 Å². The second-order valence-electron chi connectivity index (χ2n) is 6.45. The SMILES string of the molecule is NC1(C(=O)N2CCN(C(=O)c3c(F)cccc3F)CC2)CCOCC1. The highest BCUT2D eigenvalue weighted by Gasteiger charge is 2.40. The van der Waals surface area contributed by atoms with Crippen LogP contribution in [0.3, 0.4) is 0 Å². The molecule has 2 heterocycles. The molecule has 0 radical (unpaired) electrons. The lowest BCUT2D eigenvalue weighted by Gasteiger charge is -2.40. The van der Waals surface area contributed by atoms with Gasteiger partial charge in [-0.2, -0.15) is 0 Å². The summed E-state index contributed by atoms with van der Waals surface area (Å²) in [7, 11) is 0. The first-order chi connectivity index (χ1) is 11.9. The molecule has 0 aromatic heterocycles. The zero-order valence-corrected chi connectivity index (χ0v) is 13.8. The smallest absolute Gasteiger partial charge is 0.259 e. The van der Waals surface area contributed by atoms with Gasteiger partial charge in [-0.3, -0.25) is 9.59 Å². The van der Waals surface area contributed by atoms with Crippen LogP contribution >= 0.6 is 0 Å². The lowest BCUT2D eigenvalue weighted by molar-refractivity contribution is -0.142. The van der Waals surface area contributed by atoms with E-state index in [-0.39, 0.29) is 19.0 Å². The minimum Gasteiger partial charge on any atom is -0.381 e. The van der Waals surface area contributed by atoms with E-state index >= 15 is 0 Å². The Labute approximate surface area is 144 Å². The van der Waals surface area contributed by atoms with Crippen molar-refractivity contribution in [1.82, 2.24) is 9.80 Å². The van der Waals surface area contributed by atoms with Gasteiger partial charge in [0.25, 0.3) is 5.91 Å². The quantitative estimate of drug-likeness (QED) is 0.852. The number of hydrogen-bond acceptors (Lipinski definition) is 4. The fourth-order valence-corrected chi connectivity index (χ4v) is 3.24. The van der Waals surface area contributed by atoms with Crippen molar-refractivity contribution < 1.29 is 23.1 Å². The summed E-state index contributed by atoms with van der Waals surface area (Å²) in [5, 5.41) is 0. The zero-order chi connectivity index (χ0) is 18.0. The number of rotatable bonds is 2. The Morgan fingerprint density at radius 3 is 2.08 bits per heavy atom. The van der Waals surface area contributed by atoms with Gasteiger partial charge < -0.3 is 20.3 Å². The third-order valence-corrected chi connectivity index (χ3v) is 4.84. The maximum atomic E-state index is 13.8. The van der Waals surface area contributed by atoms with Gasteiger partial charge >= 0.3 is 0 Å². The molecule has 2 N–H and O–H groups in total.